The molecule has 0 fully saturated rings. The molecule has 4 heteroatoms. The highest BCUT2D eigenvalue weighted by atomic mass is 19.1. The number of hydrogen-bond donors (Lipinski definition) is 2. The molecule has 82 valence electrons. The smallest absolute Gasteiger partial charge is 0.146 e. The van der Waals surface area contributed by atoms with Gasteiger partial charge >= 0.3 is 0 Å². The van der Waals surface area contributed by atoms with Gasteiger partial charge in [0.05, 0.1) is 5.69 Å². The van der Waals surface area contributed by atoms with E-state index in [1.54, 1.807) is 24.3 Å². The molecule has 0 unspecified atom stereocenters. The summed E-state index contributed by atoms with van der Waals surface area (Å²) in [5.41, 5.74) is 6.80. The van der Waals surface area contributed by atoms with Crippen molar-refractivity contribution in [3.63, 3.8) is 0 Å². The SMILES string of the molecule is Cc1ccc(Nc2cccc(N)n2)c(F)c1. The maximum absolute atomic E-state index is 13.5. The van der Waals surface area contributed by atoms with Gasteiger partial charge in [-0.3, -0.25) is 0 Å². The number of halogens is 1. The lowest BCUT2D eigenvalue weighted by atomic mass is 10.2. The van der Waals surface area contributed by atoms with E-state index in [0.717, 1.165) is 5.56 Å². The second-order valence-corrected chi connectivity index (χ2v) is 3.56. The number of aromatic nitrogens is 1. The molecule has 0 bridgehead atoms. The van der Waals surface area contributed by atoms with Crippen molar-refractivity contribution in [2.45, 2.75) is 6.92 Å². The number of nitrogen functional groups attached to an aromatic ring is 1. The quantitative estimate of drug-likeness (QED) is 0.813. The van der Waals surface area contributed by atoms with Gasteiger partial charge in [0, 0.05) is 0 Å². The van der Waals surface area contributed by atoms with E-state index in [9.17, 15) is 4.39 Å². The highest BCUT2D eigenvalue weighted by Gasteiger charge is 2.03. The van der Waals surface area contributed by atoms with Crippen molar-refractivity contribution in [3.05, 3.63) is 47.8 Å². The highest BCUT2D eigenvalue weighted by molar-refractivity contribution is 5.58. The molecule has 16 heavy (non-hydrogen) atoms. The molecule has 0 aliphatic rings. The summed E-state index contributed by atoms with van der Waals surface area (Å²) in [5, 5.41) is 2.87. The number of aryl methyl sites for hydroxylation is 1. The van der Waals surface area contributed by atoms with Crippen LogP contribution < -0.4 is 11.1 Å². The van der Waals surface area contributed by atoms with Crippen molar-refractivity contribution in [3.8, 4) is 0 Å². The summed E-state index contributed by atoms with van der Waals surface area (Å²) in [6.07, 6.45) is 0. The van der Waals surface area contributed by atoms with Crippen LogP contribution in [-0.2, 0) is 0 Å². The summed E-state index contributed by atoms with van der Waals surface area (Å²) in [7, 11) is 0. The van der Waals surface area contributed by atoms with Crippen LogP contribution in [0.5, 0.6) is 0 Å². The predicted molar refractivity (Wildman–Crippen MR) is 63.1 cm³/mol. The predicted octanol–water partition coefficient (Wildman–Crippen LogP) is 2.85. The average Bonchev–Trinajstić information content (AvgIpc) is 2.22. The molecule has 0 spiro atoms. The van der Waals surface area contributed by atoms with E-state index in [0.29, 0.717) is 17.3 Å². The van der Waals surface area contributed by atoms with E-state index in [4.69, 9.17) is 5.73 Å². The Kier molecular flexibility index (Phi) is 2.72. The number of nitrogens with zero attached hydrogens (tertiary/aromatic N) is 1. The third-order valence-corrected chi connectivity index (χ3v) is 2.16. The largest absolute Gasteiger partial charge is 0.384 e. The average molecular weight is 217 g/mol. The van der Waals surface area contributed by atoms with Gasteiger partial charge in [-0.05, 0) is 36.8 Å². The Hall–Kier alpha value is -2.10. The van der Waals surface area contributed by atoms with Crippen LogP contribution in [0.3, 0.4) is 0 Å². The van der Waals surface area contributed by atoms with Crippen molar-refractivity contribution < 1.29 is 4.39 Å². The Morgan fingerprint density at radius 2 is 2.06 bits per heavy atom. The molecule has 2 aromatic rings. The minimum absolute atomic E-state index is 0.302. The number of pyridine rings is 1. The summed E-state index contributed by atoms with van der Waals surface area (Å²) in [5.74, 6) is 0.629. The number of rotatable bonds is 2. The number of anilines is 3. The van der Waals surface area contributed by atoms with Gasteiger partial charge in [-0.2, -0.15) is 0 Å². The second kappa shape index (κ2) is 4.18. The van der Waals surface area contributed by atoms with Crippen LogP contribution in [0.25, 0.3) is 0 Å². The van der Waals surface area contributed by atoms with Gasteiger partial charge < -0.3 is 11.1 Å². The fourth-order valence-corrected chi connectivity index (χ4v) is 1.38. The van der Waals surface area contributed by atoms with E-state index >= 15 is 0 Å². The maximum Gasteiger partial charge on any atom is 0.146 e. The van der Waals surface area contributed by atoms with E-state index in [1.807, 2.05) is 13.0 Å². The molecule has 2 rings (SSSR count). The number of nitrogens with one attached hydrogen (secondary N) is 1. The number of nitrogens with two attached hydrogens (primary N) is 1. The third kappa shape index (κ3) is 2.28. The minimum Gasteiger partial charge on any atom is -0.384 e. The topological polar surface area (TPSA) is 50.9 Å². The molecule has 0 saturated heterocycles. The zero-order valence-electron chi connectivity index (χ0n) is 8.87. The van der Waals surface area contributed by atoms with Crippen molar-refractivity contribution in [1.29, 1.82) is 0 Å². The summed E-state index contributed by atoms with van der Waals surface area (Å²) < 4.78 is 13.5. The van der Waals surface area contributed by atoms with Gasteiger partial charge in [-0.15, -0.1) is 0 Å². The molecule has 0 aliphatic carbocycles. The molecule has 3 nitrogen and oxygen atoms in total. The summed E-state index contributed by atoms with van der Waals surface area (Å²) >= 11 is 0. The Labute approximate surface area is 93.1 Å². The van der Waals surface area contributed by atoms with Crippen LogP contribution in [0.15, 0.2) is 36.4 Å². The van der Waals surface area contributed by atoms with Gasteiger partial charge in [0.25, 0.3) is 0 Å². The minimum atomic E-state index is -0.302. The zero-order valence-corrected chi connectivity index (χ0v) is 8.87. The molecule has 3 N–H and O–H groups in total. The van der Waals surface area contributed by atoms with Crippen LogP contribution in [0.2, 0.25) is 0 Å². The maximum atomic E-state index is 13.5. The summed E-state index contributed by atoms with van der Waals surface area (Å²) in [6.45, 7) is 1.84. The molecule has 0 radical (unpaired) electrons. The van der Waals surface area contributed by atoms with Gasteiger partial charge in [-0.1, -0.05) is 12.1 Å². The van der Waals surface area contributed by atoms with Crippen molar-refractivity contribution in [2.24, 2.45) is 0 Å². The third-order valence-electron chi connectivity index (χ3n) is 2.16. The van der Waals surface area contributed by atoms with Crippen molar-refractivity contribution in [1.82, 2.24) is 4.98 Å². The Morgan fingerprint density at radius 1 is 1.25 bits per heavy atom. The lowest BCUT2D eigenvalue weighted by molar-refractivity contribution is 0.630. The Bertz CT molecular complexity index is 511. The molecule has 1 aromatic carbocycles. The van der Waals surface area contributed by atoms with E-state index in [-0.39, 0.29) is 5.82 Å². The fourth-order valence-electron chi connectivity index (χ4n) is 1.38. The van der Waals surface area contributed by atoms with Gasteiger partial charge in [0.1, 0.15) is 17.5 Å². The van der Waals surface area contributed by atoms with E-state index in [2.05, 4.69) is 10.3 Å². The van der Waals surface area contributed by atoms with Crippen LogP contribution in [0, 0.1) is 12.7 Å². The molecule has 0 saturated carbocycles. The molecule has 0 amide bonds. The van der Waals surface area contributed by atoms with Crippen LogP contribution in [-0.4, -0.2) is 4.98 Å². The van der Waals surface area contributed by atoms with Gasteiger partial charge in [-0.25, -0.2) is 9.37 Å². The van der Waals surface area contributed by atoms with Crippen molar-refractivity contribution >= 4 is 17.3 Å². The first-order chi connectivity index (χ1) is 7.65. The monoisotopic (exact) mass is 217 g/mol. The number of hydrogen-bond acceptors (Lipinski definition) is 3. The molecule has 1 heterocycles. The van der Waals surface area contributed by atoms with Crippen molar-refractivity contribution in [2.75, 3.05) is 11.1 Å². The van der Waals surface area contributed by atoms with Gasteiger partial charge in [0.2, 0.25) is 0 Å². The Morgan fingerprint density at radius 3 is 2.75 bits per heavy atom. The van der Waals surface area contributed by atoms with E-state index in [1.165, 1.54) is 6.07 Å². The van der Waals surface area contributed by atoms with Crippen LogP contribution in [0.1, 0.15) is 5.56 Å². The molecular formula is C12H12FN3. The fraction of sp³-hybridized carbons (Fsp3) is 0.0833. The number of benzene rings is 1. The second-order valence-electron chi connectivity index (χ2n) is 3.56. The molecule has 0 aliphatic heterocycles. The summed E-state index contributed by atoms with van der Waals surface area (Å²) in [4.78, 5) is 4.03. The lowest BCUT2D eigenvalue weighted by Crippen LogP contribution is -1.98. The summed E-state index contributed by atoms with van der Waals surface area (Å²) in [6, 6.07) is 10.1. The first kappa shape index (κ1) is 10.4. The normalized spacial score (nSPS) is 10.1. The lowest BCUT2D eigenvalue weighted by Gasteiger charge is -2.07. The highest BCUT2D eigenvalue weighted by Crippen LogP contribution is 2.19. The van der Waals surface area contributed by atoms with Gasteiger partial charge in [0.15, 0.2) is 0 Å². The molecular weight excluding hydrogens is 205 g/mol. The first-order valence-corrected chi connectivity index (χ1v) is 4.91. The van der Waals surface area contributed by atoms with Crippen LogP contribution >= 0.6 is 0 Å². The first-order valence-electron chi connectivity index (χ1n) is 4.91. The van der Waals surface area contributed by atoms with Crippen LogP contribution in [0.4, 0.5) is 21.7 Å². The molecule has 1 aromatic heterocycles. The van der Waals surface area contributed by atoms with E-state index < -0.39 is 0 Å². The zero-order chi connectivity index (χ0) is 11.5. The Balaban J connectivity index is 2.27. The standard InChI is InChI=1S/C12H12FN3/c1-8-5-6-10(9(13)7-8)15-12-4-2-3-11(14)16-12/h2-7H,1H3,(H3,14,15,16). The molecule has 0 atom stereocenters.